The first-order valence-electron chi connectivity index (χ1n) is 6.96. The minimum Gasteiger partial charge on any atom is -0.497 e. The van der Waals surface area contributed by atoms with E-state index in [1.807, 2.05) is 24.3 Å². The van der Waals surface area contributed by atoms with Crippen molar-refractivity contribution in [2.24, 2.45) is 0 Å². The lowest BCUT2D eigenvalue weighted by Crippen LogP contribution is -2.47. The summed E-state index contributed by atoms with van der Waals surface area (Å²) in [5, 5.41) is 2.86. The molecule has 1 amide bonds. The molecule has 0 aromatic heterocycles. The lowest BCUT2D eigenvalue weighted by atomic mass is 10.0. The third kappa shape index (κ3) is 4.46. The zero-order valence-electron chi connectivity index (χ0n) is 12.4. The Morgan fingerprint density at radius 2 is 2.00 bits per heavy atom. The first-order chi connectivity index (χ1) is 9.82. The number of carbonyl (C=O) groups is 1. The van der Waals surface area contributed by atoms with Crippen LogP contribution in [0.4, 0.5) is 0 Å². The zero-order valence-corrected chi connectivity index (χ0v) is 13.2. The van der Waals surface area contributed by atoms with Crippen LogP contribution >= 0.6 is 0 Å². The van der Waals surface area contributed by atoms with Crippen molar-refractivity contribution in [3.63, 3.8) is 0 Å². The summed E-state index contributed by atoms with van der Waals surface area (Å²) in [6.45, 7) is 1.79. The van der Waals surface area contributed by atoms with Gasteiger partial charge < -0.3 is 10.1 Å². The van der Waals surface area contributed by atoms with Crippen LogP contribution in [0.15, 0.2) is 24.3 Å². The van der Waals surface area contributed by atoms with Gasteiger partial charge in [-0.05, 0) is 37.5 Å². The van der Waals surface area contributed by atoms with Gasteiger partial charge in [-0.3, -0.25) is 4.79 Å². The molecule has 0 spiro atoms. The summed E-state index contributed by atoms with van der Waals surface area (Å²) in [6, 6.07) is 7.57. The van der Waals surface area contributed by atoms with E-state index in [-0.39, 0.29) is 17.4 Å². The molecule has 1 saturated heterocycles. The van der Waals surface area contributed by atoms with Crippen LogP contribution in [-0.2, 0) is 21.1 Å². The summed E-state index contributed by atoms with van der Waals surface area (Å²) < 4.78 is 28.1. The molecule has 0 radical (unpaired) electrons. The minimum absolute atomic E-state index is 0.0360. The van der Waals surface area contributed by atoms with Crippen LogP contribution in [0.3, 0.4) is 0 Å². The Labute approximate surface area is 125 Å². The molecule has 116 valence electrons. The number of sulfone groups is 1. The standard InChI is InChI=1S/C15H21NO4S/c1-15(9-10-21(18,19)11-15)16-14(17)8-5-12-3-6-13(20-2)7-4-12/h3-4,6-7H,5,8-11H2,1-2H3,(H,16,17)/t15-/m0/s1. The number of hydrogen-bond acceptors (Lipinski definition) is 4. The molecule has 1 aliphatic rings. The summed E-state index contributed by atoms with van der Waals surface area (Å²) in [4.78, 5) is 12.0. The lowest BCUT2D eigenvalue weighted by molar-refractivity contribution is -0.122. The molecule has 6 heteroatoms. The van der Waals surface area contributed by atoms with Gasteiger partial charge in [-0.15, -0.1) is 0 Å². The largest absolute Gasteiger partial charge is 0.497 e. The van der Waals surface area contributed by atoms with Gasteiger partial charge >= 0.3 is 0 Å². The van der Waals surface area contributed by atoms with Gasteiger partial charge in [-0.2, -0.15) is 0 Å². The monoisotopic (exact) mass is 311 g/mol. The molecule has 1 atom stereocenters. The highest BCUT2D eigenvalue weighted by Crippen LogP contribution is 2.23. The lowest BCUT2D eigenvalue weighted by Gasteiger charge is -2.23. The Morgan fingerprint density at radius 3 is 2.52 bits per heavy atom. The maximum Gasteiger partial charge on any atom is 0.220 e. The second-order valence-corrected chi connectivity index (χ2v) is 7.98. The smallest absolute Gasteiger partial charge is 0.220 e. The molecule has 1 heterocycles. The number of methoxy groups -OCH3 is 1. The number of carbonyl (C=O) groups excluding carboxylic acids is 1. The molecule has 1 aliphatic heterocycles. The van der Waals surface area contributed by atoms with Crippen molar-refractivity contribution in [1.82, 2.24) is 5.32 Å². The van der Waals surface area contributed by atoms with Crippen molar-refractivity contribution in [1.29, 1.82) is 0 Å². The van der Waals surface area contributed by atoms with Crippen LogP contribution in [0, 0.1) is 0 Å². The van der Waals surface area contributed by atoms with E-state index >= 15 is 0 Å². The van der Waals surface area contributed by atoms with Crippen LogP contribution in [0.25, 0.3) is 0 Å². The van der Waals surface area contributed by atoms with E-state index in [2.05, 4.69) is 5.32 Å². The van der Waals surface area contributed by atoms with Gasteiger partial charge in [0, 0.05) is 6.42 Å². The Hall–Kier alpha value is -1.56. The Bertz CT molecular complexity index is 609. The van der Waals surface area contributed by atoms with Gasteiger partial charge in [0.15, 0.2) is 9.84 Å². The fourth-order valence-corrected chi connectivity index (χ4v) is 4.65. The maximum absolute atomic E-state index is 12.0. The average molecular weight is 311 g/mol. The van der Waals surface area contributed by atoms with E-state index in [0.29, 0.717) is 19.3 Å². The fraction of sp³-hybridized carbons (Fsp3) is 0.533. The molecule has 21 heavy (non-hydrogen) atoms. The summed E-state index contributed by atoms with van der Waals surface area (Å²) in [7, 11) is -1.39. The molecule has 0 saturated carbocycles. The predicted octanol–water partition coefficient (Wildman–Crippen LogP) is 1.32. The summed E-state index contributed by atoms with van der Waals surface area (Å²) in [6.07, 6.45) is 1.46. The number of nitrogens with one attached hydrogen (secondary N) is 1. The summed E-state index contributed by atoms with van der Waals surface area (Å²) >= 11 is 0. The molecule has 0 unspecified atom stereocenters. The first kappa shape index (κ1) is 15.8. The van der Waals surface area contributed by atoms with Crippen molar-refractivity contribution < 1.29 is 17.9 Å². The van der Waals surface area contributed by atoms with E-state index in [9.17, 15) is 13.2 Å². The van der Waals surface area contributed by atoms with E-state index in [1.54, 1.807) is 14.0 Å². The van der Waals surface area contributed by atoms with Gasteiger partial charge in [0.25, 0.3) is 0 Å². The molecule has 5 nitrogen and oxygen atoms in total. The molecule has 2 rings (SSSR count). The topological polar surface area (TPSA) is 72.5 Å². The van der Waals surface area contributed by atoms with Gasteiger partial charge in [0.05, 0.1) is 24.2 Å². The van der Waals surface area contributed by atoms with Crippen molar-refractivity contribution in [2.45, 2.75) is 31.7 Å². The molecule has 1 fully saturated rings. The highest BCUT2D eigenvalue weighted by molar-refractivity contribution is 7.91. The molecule has 0 aliphatic carbocycles. The Kier molecular flexibility index (Phi) is 4.56. The fourth-order valence-electron chi connectivity index (χ4n) is 2.56. The van der Waals surface area contributed by atoms with E-state index in [0.717, 1.165) is 11.3 Å². The second-order valence-electron chi connectivity index (χ2n) is 5.80. The third-order valence-electron chi connectivity index (χ3n) is 3.74. The van der Waals surface area contributed by atoms with Gasteiger partial charge in [0.1, 0.15) is 5.75 Å². The second kappa shape index (κ2) is 6.05. The van der Waals surface area contributed by atoms with Crippen molar-refractivity contribution in [3.8, 4) is 5.75 Å². The Morgan fingerprint density at radius 1 is 1.33 bits per heavy atom. The number of benzene rings is 1. The summed E-state index contributed by atoms with van der Waals surface area (Å²) in [5.41, 5.74) is 0.436. The maximum atomic E-state index is 12.0. The number of hydrogen-bond donors (Lipinski definition) is 1. The molecule has 1 N–H and O–H groups in total. The predicted molar refractivity (Wildman–Crippen MR) is 81.1 cm³/mol. The van der Waals surface area contributed by atoms with E-state index in [4.69, 9.17) is 4.74 Å². The van der Waals surface area contributed by atoms with Crippen LogP contribution in [-0.4, -0.2) is 38.5 Å². The normalized spacial score (nSPS) is 23.7. The first-order valence-corrected chi connectivity index (χ1v) is 8.78. The SMILES string of the molecule is COc1ccc(CCC(=O)N[C@@]2(C)CCS(=O)(=O)C2)cc1. The number of aryl methyl sites for hydroxylation is 1. The van der Waals surface area contributed by atoms with Crippen LogP contribution in [0.1, 0.15) is 25.3 Å². The highest BCUT2D eigenvalue weighted by atomic mass is 32.2. The van der Waals surface area contributed by atoms with Crippen LogP contribution < -0.4 is 10.1 Å². The van der Waals surface area contributed by atoms with Crippen molar-refractivity contribution in [3.05, 3.63) is 29.8 Å². The zero-order chi connectivity index (χ0) is 15.5. The van der Waals surface area contributed by atoms with Gasteiger partial charge in [-0.1, -0.05) is 12.1 Å². The van der Waals surface area contributed by atoms with E-state index < -0.39 is 15.4 Å². The van der Waals surface area contributed by atoms with E-state index in [1.165, 1.54) is 0 Å². The number of rotatable bonds is 5. The highest BCUT2D eigenvalue weighted by Gasteiger charge is 2.39. The summed E-state index contributed by atoms with van der Waals surface area (Å²) in [5.74, 6) is 0.869. The average Bonchev–Trinajstić information content (AvgIpc) is 2.70. The third-order valence-corrected chi connectivity index (χ3v) is 5.65. The van der Waals surface area contributed by atoms with Crippen molar-refractivity contribution in [2.75, 3.05) is 18.6 Å². The minimum atomic E-state index is -3.00. The molecule has 0 bridgehead atoms. The van der Waals surface area contributed by atoms with Gasteiger partial charge in [0.2, 0.25) is 5.91 Å². The molecular weight excluding hydrogens is 290 g/mol. The number of ether oxygens (including phenoxy) is 1. The Balaban J connectivity index is 1.84. The molecule has 1 aromatic carbocycles. The van der Waals surface area contributed by atoms with Crippen LogP contribution in [0.5, 0.6) is 5.75 Å². The molecule has 1 aromatic rings. The molecular formula is C15H21NO4S. The van der Waals surface area contributed by atoms with Crippen LogP contribution in [0.2, 0.25) is 0 Å². The van der Waals surface area contributed by atoms with Gasteiger partial charge in [-0.25, -0.2) is 8.42 Å². The van der Waals surface area contributed by atoms with Crippen molar-refractivity contribution >= 4 is 15.7 Å². The quantitative estimate of drug-likeness (QED) is 0.890. The number of amides is 1.